The molecule has 0 radical (unpaired) electrons. The molecule has 0 aliphatic rings. The molecule has 0 spiro atoms. The van der Waals surface area contributed by atoms with Crippen molar-refractivity contribution in [1.82, 2.24) is 15.1 Å². The normalized spacial score (nSPS) is 10.3. The van der Waals surface area contributed by atoms with Crippen LogP contribution in [0.25, 0.3) is 0 Å². The second-order valence-electron chi connectivity index (χ2n) is 4.60. The average Bonchev–Trinajstić information content (AvgIpc) is 2.50. The minimum Gasteiger partial charge on any atom is -0.351 e. The zero-order valence-corrected chi connectivity index (χ0v) is 11.7. The van der Waals surface area contributed by atoms with Crippen LogP contribution in [0.2, 0.25) is 0 Å². The molecule has 2 aromatic rings. The molecule has 0 aliphatic carbocycles. The monoisotopic (exact) mass is 286 g/mol. The zero-order chi connectivity index (χ0) is 15.1. The predicted octanol–water partition coefficient (Wildman–Crippen LogP) is 0.370. The van der Waals surface area contributed by atoms with Crippen molar-refractivity contribution in [3.05, 3.63) is 64.1 Å². The number of hydrogen-bond donors (Lipinski definition) is 2. The summed E-state index contributed by atoms with van der Waals surface area (Å²) in [5, 5.41) is 6.82. The molecule has 0 saturated heterocycles. The van der Waals surface area contributed by atoms with Crippen LogP contribution in [-0.4, -0.2) is 28.8 Å². The summed E-state index contributed by atoms with van der Waals surface area (Å²) in [5.41, 5.74) is 6.31. The van der Waals surface area contributed by atoms with E-state index in [1.807, 2.05) is 30.3 Å². The van der Waals surface area contributed by atoms with Crippen LogP contribution in [0.5, 0.6) is 0 Å². The smallest absolute Gasteiger partial charge is 0.271 e. The molecule has 0 fully saturated rings. The van der Waals surface area contributed by atoms with Crippen molar-refractivity contribution in [3.8, 4) is 0 Å². The maximum atomic E-state index is 11.9. The van der Waals surface area contributed by atoms with Crippen LogP contribution >= 0.6 is 0 Å². The van der Waals surface area contributed by atoms with E-state index in [4.69, 9.17) is 5.73 Å². The molecule has 1 aromatic heterocycles. The van der Waals surface area contributed by atoms with Gasteiger partial charge in [0.2, 0.25) is 0 Å². The summed E-state index contributed by atoms with van der Waals surface area (Å²) in [6, 6.07) is 12.3. The van der Waals surface area contributed by atoms with Crippen molar-refractivity contribution in [2.24, 2.45) is 5.73 Å². The molecule has 110 valence electrons. The quantitative estimate of drug-likeness (QED) is 0.751. The summed E-state index contributed by atoms with van der Waals surface area (Å²) < 4.78 is 1.28. The molecule has 1 aromatic carbocycles. The molecule has 1 heterocycles. The molecule has 1 amide bonds. The van der Waals surface area contributed by atoms with Crippen LogP contribution in [0.1, 0.15) is 22.5 Å². The fraction of sp³-hybridized carbons (Fsp3) is 0.267. The lowest BCUT2D eigenvalue weighted by Crippen LogP contribution is -2.31. The van der Waals surface area contributed by atoms with Crippen LogP contribution in [0, 0.1) is 0 Å². The summed E-state index contributed by atoms with van der Waals surface area (Å²) >= 11 is 0. The number of nitrogens with one attached hydrogen (secondary N) is 1. The lowest BCUT2D eigenvalue weighted by Gasteiger charge is -2.07. The Balaban J connectivity index is 2.13. The van der Waals surface area contributed by atoms with Crippen molar-refractivity contribution >= 4 is 5.91 Å². The van der Waals surface area contributed by atoms with Crippen LogP contribution in [0.3, 0.4) is 0 Å². The van der Waals surface area contributed by atoms with Gasteiger partial charge in [-0.1, -0.05) is 30.3 Å². The highest BCUT2D eigenvalue weighted by atomic mass is 16.2. The van der Waals surface area contributed by atoms with Gasteiger partial charge < -0.3 is 11.1 Å². The van der Waals surface area contributed by atoms with E-state index in [1.54, 1.807) is 0 Å². The number of amides is 1. The third kappa shape index (κ3) is 4.25. The Morgan fingerprint density at radius 2 is 1.95 bits per heavy atom. The van der Waals surface area contributed by atoms with Crippen molar-refractivity contribution in [3.63, 3.8) is 0 Å². The maximum Gasteiger partial charge on any atom is 0.271 e. The molecule has 2 rings (SSSR count). The molecule has 3 N–H and O–H groups in total. The summed E-state index contributed by atoms with van der Waals surface area (Å²) in [6.45, 7) is 1.35. The largest absolute Gasteiger partial charge is 0.351 e. The Bertz CT molecular complexity index is 652. The molecule has 0 saturated carbocycles. The lowest BCUT2D eigenvalue weighted by atomic mass is 10.2. The van der Waals surface area contributed by atoms with Crippen molar-refractivity contribution in [2.45, 2.75) is 13.0 Å². The first-order valence-corrected chi connectivity index (χ1v) is 6.81. The number of benzene rings is 1. The van der Waals surface area contributed by atoms with E-state index in [2.05, 4.69) is 10.4 Å². The van der Waals surface area contributed by atoms with Crippen LogP contribution in [0.15, 0.2) is 47.3 Å². The van der Waals surface area contributed by atoms with Crippen LogP contribution in [-0.2, 0) is 6.54 Å². The van der Waals surface area contributed by atoms with Gasteiger partial charge in [0.15, 0.2) is 0 Å². The number of nitrogens with zero attached hydrogens (tertiary/aromatic N) is 2. The molecule has 6 heteroatoms. The van der Waals surface area contributed by atoms with Gasteiger partial charge in [-0.2, -0.15) is 5.10 Å². The second-order valence-corrected chi connectivity index (χ2v) is 4.60. The minimum atomic E-state index is -0.301. The summed E-state index contributed by atoms with van der Waals surface area (Å²) in [4.78, 5) is 23.7. The van der Waals surface area contributed by atoms with Gasteiger partial charge in [-0.3, -0.25) is 9.59 Å². The van der Waals surface area contributed by atoms with Gasteiger partial charge in [-0.25, -0.2) is 4.68 Å². The Morgan fingerprint density at radius 3 is 2.67 bits per heavy atom. The molecule has 6 nitrogen and oxygen atoms in total. The van der Waals surface area contributed by atoms with Crippen LogP contribution in [0.4, 0.5) is 0 Å². The van der Waals surface area contributed by atoms with E-state index in [9.17, 15) is 9.59 Å². The zero-order valence-electron chi connectivity index (χ0n) is 11.7. The van der Waals surface area contributed by atoms with Crippen molar-refractivity contribution < 1.29 is 4.79 Å². The fourth-order valence-corrected chi connectivity index (χ4v) is 1.83. The van der Waals surface area contributed by atoms with E-state index in [0.29, 0.717) is 26.1 Å². The number of aromatic nitrogens is 2. The third-order valence-corrected chi connectivity index (χ3v) is 2.94. The molecule has 0 bridgehead atoms. The summed E-state index contributed by atoms with van der Waals surface area (Å²) in [6.07, 6.45) is 0.704. The highest BCUT2D eigenvalue weighted by molar-refractivity contribution is 5.91. The van der Waals surface area contributed by atoms with Gasteiger partial charge in [0, 0.05) is 12.6 Å². The average molecular weight is 286 g/mol. The lowest BCUT2D eigenvalue weighted by molar-refractivity contribution is 0.0946. The first-order valence-electron chi connectivity index (χ1n) is 6.81. The number of hydrogen-bond acceptors (Lipinski definition) is 4. The number of nitrogens with two attached hydrogens (primary N) is 1. The Labute approximate surface area is 122 Å². The van der Waals surface area contributed by atoms with Crippen LogP contribution < -0.4 is 16.6 Å². The Morgan fingerprint density at radius 1 is 1.19 bits per heavy atom. The van der Waals surface area contributed by atoms with E-state index >= 15 is 0 Å². The number of carbonyl (C=O) groups is 1. The predicted molar refractivity (Wildman–Crippen MR) is 80.0 cm³/mol. The second kappa shape index (κ2) is 7.35. The first kappa shape index (κ1) is 14.9. The standard InChI is InChI=1S/C15H18N4O2/c16-9-4-10-17-15(21)13-7-8-14(20)19(18-13)11-12-5-2-1-3-6-12/h1-3,5-8H,4,9-11,16H2,(H,17,21). The maximum absolute atomic E-state index is 11.9. The van der Waals surface area contributed by atoms with Gasteiger partial charge in [-0.05, 0) is 24.6 Å². The molecule has 21 heavy (non-hydrogen) atoms. The van der Waals surface area contributed by atoms with Gasteiger partial charge in [-0.15, -0.1) is 0 Å². The van der Waals surface area contributed by atoms with Gasteiger partial charge in [0.05, 0.1) is 6.54 Å². The van der Waals surface area contributed by atoms with Crippen molar-refractivity contribution in [1.29, 1.82) is 0 Å². The molecular weight excluding hydrogens is 268 g/mol. The molecular formula is C15H18N4O2. The van der Waals surface area contributed by atoms with E-state index in [0.717, 1.165) is 5.56 Å². The topological polar surface area (TPSA) is 90.0 Å². The minimum absolute atomic E-state index is 0.225. The molecule has 0 aliphatic heterocycles. The van der Waals surface area contributed by atoms with Crippen molar-refractivity contribution in [2.75, 3.05) is 13.1 Å². The van der Waals surface area contributed by atoms with E-state index in [-0.39, 0.29) is 17.2 Å². The van der Waals surface area contributed by atoms with Gasteiger partial charge >= 0.3 is 0 Å². The summed E-state index contributed by atoms with van der Waals surface area (Å²) in [5.74, 6) is -0.301. The first-order chi connectivity index (χ1) is 10.2. The Hall–Kier alpha value is -2.47. The molecule has 0 atom stereocenters. The molecule has 0 unspecified atom stereocenters. The van der Waals surface area contributed by atoms with Gasteiger partial charge in [0.25, 0.3) is 11.5 Å². The van der Waals surface area contributed by atoms with E-state index < -0.39 is 0 Å². The number of rotatable bonds is 6. The Kier molecular flexibility index (Phi) is 5.22. The third-order valence-electron chi connectivity index (χ3n) is 2.94. The fourth-order valence-electron chi connectivity index (χ4n) is 1.83. The van der Waals surface area contributed by atoms with Gasteiger partial charge in [0.1, 0.15) is 5.69 Å². The number of carbonyl (C=O) groups excluding carboxylic acids is 1. The van der Waals surface area contributed by atoms with E-state index in [1.165, 1.54) is 16.8 Å². The highest BCUT2D eigenvalue weighted by Gasteiger charge is 2.09. The SMILES string of the molecule is NCCCNC(=O)c1ccc(=O)n(Cc2ccccc2)n1. The summed E-state index contributed by atoms with van der Waals surface area (Å²) in [7, 11) is 0. The highest BCUT2D eigenvalue weighted by Crippen LogP contribution is 2.00.